The minimum absolute atomic E-state index is 0.356. The van der Waals surface area contributed by atoms with Crippen molar-refractivity contribution in [3.63, 3.8) is 0 Å². The normalized spacial score (nSPS) is 34.5. The summed E-state index contributed by atoms with van der Waals surface area (Å²) < 4.78 is 0. The summed E-state index contributed by atoms with van der Waals surface area (Å²) in [5.74, 6) is 1.53. The van der Waals surface area contributed by atoms with Crippen molar-refractivity contribution in [1.29, 1.82) is 0 Å². The minimum Gasteiger partial charge on any atom is -0.396 e. The summed E-state index contributed by atoms with van der Waals surface area (Å²) in [5, 5.41) is 12.8. The van der Waals surface area contributed by atoms with Gasteiger partial charge < -0.3 is 15.3 Å². The molecule has 1 aliphatic carbocycles. The molecule has 0 radical (unpaired) electrons. The molecule has 2 fully saturated rings. The molecule has 1 heterocycles. The lowest BCUT2D eigenvalue weighted by molar-refractivity contribution is 0.107. The number of rotatable bonds is 6. The molecule has 1 saturated carbocycles. The Kier molecular flexibility index (Phi) is 5.88. The zero-order valence-corrected chi connectivity index (χ0v) is 13.7. The van der Waals surface area contributed by atoms with Crippen LogP contribution < -0.4 is 5.32 Å². The van der Waals surface area contributed by atoms with E-state index in [1.165, 1.54) is 45.3 Å². The summed E-state index contributed by atoms with van der Waals surface area (Å²) in [7, 11) is 0. The van der Waals surface area contributed by atoms with Gasteiger partial charge in [0.1, 0.15) is 0 Å². The van der Waals surface area contributed by atoms with Crippen molar-refractivity contribution in [3.05, 3.63) is 0 Å². The van der Waals surface area contributed by atoms with Gasteiger partial charge in [0.05, 0.1) is 0 Å². The third kappa shape index (κ3) is 4.44. The second-order valence-corrected chi connectivity index (χ2v) is 7.76. The number of aliphatic hydroxyl groups excluding tert-OH is 1. The van der Waals surface area contributed by atoms with E-state index < -0.39 is 0 Å². The third-order valence-corrected chi connectivity index (χ3v) is 5.38. The summed E-state index contributed by atoms with van der Waals surface area (Å²) in [4.78, 5) is 2.65. The van der Waals surface area contributed by atoms with Crippen LogP contribution in [0.25, 0.3) is 0 Å². The van der Waals surface area contributed by atoms with Gasteiger partial charge in [-0.1, -0.05) is 20.8 Å². The second-order valence-electron chi connectivity index (χ2n) is 7.76. The molecule has 0 aromatic heterocycles. The monoisotopic (exact) mass is 282 g/mol. The van der Waals surface area contributed by atoms with Crippen molar-refractivity contribution in [3.8, 4) is 0 Å². The Labute approximate surface area is 125 Å². The molecule has 3 nitrogen and oxygen atoms in total. The van der Waals surface area contributed by atoms with Gasteiger partial charge in [0.25, 0.3) is 0 Å². The quantitative estimate of drug-likeness (QED) is 0.786. The maximum atomic E-state index is 9.09. The topological polar surface area (TPSA) is 35.5 Å². The first kappa shape index (κ1) is 16.3. The molecule has 0 bridgehead atoms. The Balaban J connectivity index is 1.87. The van der Waals surface area contributed by atoms with Crippen LogP contribution >= 0.6 is 0 Å². The Morgan fingerprint density at radius 3 is 2.80 bits per heavy atom. The van der Waals surface area contributed by atoms with Crippen molar-refractivity contribution in [2.75, 3.05) is 32.8 Å². The van der Waals surface area contributed by atoms with E-state index in [1.54, 1.807) is 0 Å². The zero-order chi connectivity index (χ0) is 14.6. The van der Waals surface area contributed by atoms with Crippen LogP contribution in [0.15, 0.2) is 0 Å². The van der Waals surface area contributed by atoms with Gasteiger partial charge in [-0.05, 0) is 62.4 Å². The van der Waals surface area contributed by atoms with Crippen molar-refractivity contribution in [2.24, 2.45) is 17.3 Å². The molecule has 118 valence electrons. The lowest BCUT2D eigenvalue weighted by Gasteiger charge is -2.42. The Bertz CT molecular complexity index is 293. The summed E-state index contributed by atoms with van der Waals surface area (Å²) in [6, 6.07) is 0.713. The van der Waals surface area contributed by atoms with Gasteiger partial charge in [0, 0.05) is 25.7 Å². The molecule has 20 heavy (non-hydrogen) atoms. The second kappa shape index (κ2) is 7.24. The Morgan fingerprint density at radius 1 is 1.30 bits per heavy atom. The van der Waals surface area contributed by atoms with Crippen molar-refractivity contribution < 1.29 is 5.11 Å². The molecule has 0 amide bonds. The van der Waals surface area contributed by atoms with Gasteiger partial charge >= 0.3 is 0 Å². The van der Waals surface area contributed by atoms with Gasteiger partial charge in [0.15, 0.2) is 0 Å². The van der Waals surface area contributed by atoms with Crippen molar-refractivity contribution in [2.45, 2.75) is 58.9 Å². The van der Waals surface area contributed by atoms with E-state index in [0.717, 1.165) is 24.8 Å². The fourth-order valence-corrected chi connectivity index (χ4v) is 4.29. The molecule has 0 aromatic rings. The van der Waals surface area contributed by atoms with Gasteiger partial charge in [0.2, 0.25) is 0 Å². The number of nitrogens with zero attached hydrogens (tertiary/aromatic N) is 1. The average Bonchev–Trinajstić information content (AvgIpc) is 2.80. The van der Waals surface area contributed by atoms with Crippen molar-refractivity contribution in [1.82, 2.24) is 10.2 Å². The maximum Gasteiger partial charge on any atom is 0.0434 e. The van der Waals surface area contributed by atoms with E-state index in [1.807, 2.05) is 0 Å². The largest absolute Gasteiger partial charge is 0.396 e. The van der Waals surface area contributed by atoms with Crippen molar-refractivity contribution >= 4 is 0 Å². The molecule has 2 aliphatic rings. The predicted octanol–water partition coefficient (Wildman–Crippen LogP) is 2.50. The highest BCUT2D eigenvalue weighted by Crippen LogP contribution is 2.39. The number of nitrogens with one attached hydrogen (secondary N) is 1. The molecule has 3 unspecified atom stereocenters. The van der Waals surface area contributed by atoms with E-state index in [2.05, 4.69) is 31.0 Å². The van der Waals surface area contributed by atoms with Crippen LogP contribution in [-0.2, 0) is 0 Å². The SMILES string of the molecule is CCNC1CCC(C)(C)CC1CN1CCC(CCO)C1. The summed E-state index contributed by atoms with van der Waals surface area (Å²) >= 11 is 0. The fourth-order valence-electron chi connectivity index (χ4n) is 4.29. The average molecular weight is 282 g/mol. The highest BCUT2D eigenvalue weighted by Gasteiger charge is 2.36. The van der Waals surface area contributed by atoms with E-state index in [4.69, 9.17) is 5.11 Å². The predicted molar refractivity (Wildman–Crippen MR) is 84.8 cm³/mol. The fraction of sp³-hybridized carbons (Fsp3) is 1.00. The van der Waals surface area contributed by atoms with E-state index in [-0.39, 0.29) is 0 Å². The van der Waals surface area contributed by atoms with E-state index in [0.29, 0.717) is 18.1 Å². The smallest absolute Gasteiger partial charge is 0.0434 e. The Morgan fingerprint density at radius 2 is 2.10 bits per heavy atom. The molecule has 0 spiro atoms. The van der Waals surface area contributed by atoms with E-state index in [9.17, 15) is 0 Å². The van der Waals surface area contributed by atoms with Crippen LogP contribution in [0.5, 0.6) is 0 Å². The van der Waals surface area contributed by atoms with Crippen LogP contribution in [0.1, 0.15) is 52.9 Å². The molecule has 3 heteroatoms. The zero-order valence-electron chi connectivity index (χ0n) is 13.7. The number of likely N-dealkylation sites (tertiary alicyclic amines) is 1. The molecule has 2 rings (SSSR count). The number of hydrogen-bond donors (Lipinski definition) is 2. The number of aliphatic hydroxyl groups is 1. The molecular weight excluding hydrogens is 248 g/mol. The highest BCUT2D eigenvalue weighted by atomic mass is 16.3. The Hall–Kier alpha value is -0.120. The van der Waals surface area contributed by atoms with E-state index >= 15 is 0 Å². The van der Waals surface area contributed by atoms with Gasteiger partial charge in [-0.25, -0.2) is 0 Å². The summed E-state index contributed by atoms with van der Waals surface area (Å²) in [6.07, 6.45) is 6.31. The molecule has 3 atom stereocenters. The third-order valence-electron chi connectivity index (χ3n) is 5.38. The lowest BCUT2D eigenvalue weighted by atomic mass is 9.69. The highest BCUT2D eigenvalue weighted by molar-refractivity contribution is 4.91. The lowest BCUT2D eigenvalue weighted by Crippen LogP contribution is -2.47. The summed E-state index contributed by atoms with van der Waals surface area (Å²) in [5.41, 5.74) is 0.515. The molecular formula is C17H34N2O. The van der Waals surface area contributed by atoms with Crippen LogP contribution in [0, 0.1) is 17.3 Å². The maximum absolute atomic E-state index is 9.09. The van der Waals surface area contributed by atoms with Crippen LogP contribution in [-0.4, -0.2) is 48.8 Å². The van der Waals surface area contributed by atoms with Gasteiger partial charge in [-0.15, -0.1) is 0 Å². The van der Waals surface area contributed by atoms with Crippen LogP contribution in [0.2, 0.25) is 0 Å². The first-order chi connectivity index (χ1) is 9.54. The van der Waals surface area contributed by atoms with Crippen LogP contribution in [0.4, 0.5) is 0 Å². The first-order valence-corrected chi connectivity index (χ1v) is 8.60. The van der Waals surface area contributed by atoms with Crippen LogP contribution in [0.3, 0.4) is 0 Å². The number of hydrogen-bond acceptors (Lipinski definition) is 3. The minimum atomic E-state index is 0.356. The molecule has 2 N–H and O–H groups in total. The first-order valence-electron chi connectivity index (χ1n) is 8.60. The molecule has 0 aromatic carbocycles. The molecule has 1 saturated heterocycles. The summed E-state index contributed by atoms with van der Waals surface area (Å²) in [6.45, 7) is 12.2. The van der Waals surface area contributed by atoms with Gasteiger partial charge in [-0.3, -0.25) is 0 Å². The standard InChI is InChI=1S/C17H34N2O/c1-4-18-16-5-8-17(2,3)11-15(16)13-19-9-6-14(12-19)7-10-20/h14-16,18,20H,4-13H2,1-3H3. The van der Waals surface area contributed by atoms with Gasteiger partial charge in [-0.2, -0.15) is 0 Å². The molecule has 1 aliphatic heterocycles.